The van der Waals surface area contributed by atoms with Crippen molar-refractivity contribution in [2.75, 3.05) is 19.5 Å². The number of imidazole rings is 1. The number of phosphoric acid groups is 1. The molecule has 0 bridgehead atoms. The van der Waals surface area contributed by atoms with E-state index in [2.05, 4.69) is 15.0 Å². The Bertz CT molecular complexity index is 1040. The summed E-state index contributed by atoms with van der Waals surface area (Å²) in [6.07, 6.45) is 1.84. The van der Waals surface area contributed by atoms with Crippen LogP contribution in [-0.2, 0) is 23.1 Å². The third-order valence-corrected chi connectivity index (χ3v) is 6.97. The van der Waals surface area contributed by atoms with Gasteiger partial charge in [-0.1, -0.05) is 13.8 Å². The summed E-state index contributed by atoms with van der Waals surface area (Å²) in [5.41, 5.74) is 5.68. The Balaban J connectivity index is 1.37. The maximum Gasteiger partial charge on any atom is 0.472 e. The molecule has 2 aliphatic rings. The summed E-state index contributed by atoms with van der Waals surface area (Å²) in [7, 11) is -2.72. The van der Waals surface area contributed by atoms with Gasteiger partial charge in [-0.05, 0) is 31.1 Å². The Labute approximate surface area is 178 Å². The molecule has 31 heavy (non-hydrogen) atoms. The van der Waals surface area contributed by atoms with Crippen molar-refractivity contribution < 1.29 is 28.0 Å². The van der Waals surface area contributed by atoms with Gasteiger partial charge in [0.2, 0.25) is 5.95 Å². The lowest BCUT2D eigenvalue weighted by molar-refractivity contribution is -0.0415. The number of methoxy groups -OCH3 is 1. The normalized spacial score (nSPS) is 33.2. The highest BCUT2D eigenvalue weighted by Gasteiger charge is 2.44. The molecule has 2 aromatic rings. The van der Waals surface area contributed by atoms with Crippen molar-refractivity contribution >= 4 is 24.9 Å². The van der Waals surface area contributed by atoms with Crippen molar-refractivity contribution in [1.29, 1.82) is 0 Å². The number of hydrogen-bond acceptors (Lipinski definition) is 9. The maximum absolute atomic E-state index is 12.5. The molecule has 3 heterocycles. The molecule has 4 rings (SSSR count). The largest absolute Gasteiger partial charge is 0.472 e. The van der Waals surface area contributed by atoms with Crippen LogP contribution >= 0.6 is 7.82 Å². The topological polar surface area (TPSA) is 164 Å². The Morgan fingerprint density at radius 1 is 1.35 bits per heavy atom. The molecule has 0 spiro atoms. The standard InChI is InChI=1S/C18H28N5O7P/c1-9-6-10(2)15(14(9)27-3)30-31(25,26)28-7-11-4-5-12(29-11)23-8-20-13-16(23)21-18(19)22-17(13)24/h8-12,14-15H,4-7H2,1-3H3,(H,25,26)(H3,19,21,22,24)/t9-,10+,11+,12-,14?,15+/m1/s1. The van der Waals surface area contributed by atoms with Crippen molar-refractivity contribution in [3.63, 3.8) is 0 Å². The molecule has 2 aromatic heterocycles. The zero-order valence-corrected chi connectivity index (χ0v) is 18.5. The number of nitrogen functional groups attached to an aromatic ring is 1. The fourth-order valence-corrected chi connectivity index (χ4v) is 5.61. The minimum atomic E-state index is -4.29. The number of H-pyrrole nitrogens is 1. The van der Waals surface area contributed by atoms with E-state index >= 15 is 0 Å². The molecule has 1 saturated carbocycles. The molecule has 0 radical (unpaired) electrons. The van der Waals surface area contributed by atoms with E-state index < -0.39 is 31.8 Å². The van der Waals surface area contributed by atoms with Gasteiger partial charge in [0.05, 0.1) is 31.2 Å². The predicted molar refractivity (Wildman–Crippen MR) is 110 cm³/mol. The van der Waals surface area contributed by atoms with E-state index in [0.29, 0.717) is 18.5 Å². The molecule has 1 aliphatic carbocycles. The number of ether oxygens (including phenoxy) is 2. The molecule has 13 heteroatoms. The number of aromatic nitrogens is 4. The van der Waals surface area contributed by atoms with Crippen molar-refractivity contribution in [3.8, 4) is 0 Å². The van der Waals surface area contributed by atoms with E-state index in [9.17, 15) is 14.3 Å². The summed E-state index contributed by atoms with van der Waals surface area (Å²) in [6.45, 7) is 3.88. The number of nitrogens with one attached hydrogen (secondary N) is 1. The van der Waals surface area contributed by atoms with Gasteiger partial charge >= 0.3 is 7.82 Å². The zero-order chi connectivity index (χ0) is 22.3. The minimum Gasteiger partial charge on any atom is -0.378 e. The monoisotopic (exact) mass is 457 g/mol. The number of nitrogens with zero attached hydrogens (tertiary/aromatic N) is 3. The average Bonchev–Trinajstić information content (AvgIpc) is 3.38. The molecule has 0 aromatic carbocycles. The molecule has 2 unspecified atom stereocenters. The Hall–Kier alpha value is -1.82. The summed E-state index contributed by atoms with van der Waals surface area (Å²) in [5.74, 6) is 0.290. The quantitative estimate of drug-likeness (QED) is 0.520. The van der Waals surface area contributed by atoms with Crippen LogP contribution in [0.15, 0.2) is 11.1 Å². The zero-order valence-electron chi connectivity index (χ0n) is 17.6. The molecule has 2 fully saturated rings. The van der Waals surface area contributed by atoms with Crippen LogP contribution in [0.4, 0.5) is 5.95 Å². The highest BCUT2D eigenvalue weighted by atomic mass is 31.2. The number of phosphoric ester groups is 1. The summed E-state index contributed by atoms with van der Waals surface area (Å²) in [6, 6.07) is 0. The fraction of sp³-hybridized carbons (Fsp3) is 0.722. The molecule has 172 valence electrons. The molecule has 7 atom stereocenters. The number of fused-ring (bicyclic) bond motifs is 1. The fourth-order valence-electron chi connectivity index (χ4n) is 4.56. The van der Waals surface area contributed by atoms with Crippen LogP contribution in [0.25, 0.3) is 11.2 Å². The lowest BCUT2D eigenvalue weighted by Gasteiger charge is -2.26. The van der Waals surface area contributed by atoms with Gasteiger partial charge in [-0.25, -0.2) is 9.55 Å². The predicted octanol–water partition coefficient (Wildman–Crippen LogP) is 1.57. The molecule has 1 aliphatic heterocycles. The SMILES string of the molecule is COC1[C@H](C)C[C@H](C)[C@@H]1OP(=O)(O)OC[C@@H]1CC[C@H](n2cnc3c(=O)[nH]c(N)nc32)O1. The van der Waals surface area contributed by atoms with Gasteiger partial charge in [-0.15, -0.1) is 0 Å². The Morgan fingerprint density at radius 3 is 2.84 bits per heavy atom. The van der Waals surface area contributed by atoms with Crippen LogP contribution in [0, 0.1) is 11.8 Å². The van der Waals surface area contributed by atoms with Crippen LogP contribution in [0.1, 0.15) is 39.3 Å². The van der Waals surface area contributed by atoms with Crippen molar-refractivity contribution in [1.82, 2.24) is 19.5 Å². The van der Waals surface area contributed by atoms with Gasteiger partial charge in [0.15, 0.2) is 11.2 Å². The Kier molecular flexibility index (Phi) is 6.21. The highest BCUT2D eigenvalue weighted by Crippen LogP contribution is 2.50. The first-order valence-electron chi connectivity index (χ1n) is 10.2. The van der Waals surface area contributed by atoms with Crippen LogP contribution in [-0.4, -0.2) is 56.4 Å². The summed E-state index contributed by atoms with van der Waals surface area (Å²) >= 11 is 0. The van der Waals surface area contributed by atoms with Crippen molar-refractivity contribution in [2.24, 2.45) is 11.8 Å². The third kappa shape index (κ3) is 4.55. The van der Waals surface area contributed by atoms with Crippen molar-refractivity contribution in [2.45, 2.75) is 57.6 Å². The van der Waals surface area contributed by atoms with Gasteiger partial charge < -0.3 is 20.1 Å². The van der Waals surface area contributed by atoms with Gasteiger partial charge in [-0.3, -0.25) is 23.4 Å². The summed E-state index contributed by atoms with van der Waals surface area (Å²) in [4.78, 5) is 32.8. The van der Waals surface area contributed by atoms with Crippen LogP contribution in [0.2, 0.25) is 0 Å². The van der Waals surface area contributed by atoms with E-state index in [-0.39, 0.29) is 36.0 Å². The average molecular weight is 457 g/mol. The number of rotatable bonds is 7. The molecule has 0 amide bonds. The third-order valence-electron chi connectivity index (χ3n) is 5.99. The van der Waals surface area contributed by atoms with E-state index in [1.165, 1.54) is 6.33 Å². The smallest absolute Gasteiger partial charge is 0.378 e. The van der Waals surface area contributed by atoms with E-state index in [1.54, 1.807) is 11.7 Å². The van der Waals surface area contributed by atoms with E-state index in [4.69, 9.17) is 24.3 Å². The highest BCUT2D eigenvalue weighted by molar-refractivity contribution is 7.47. The minimum absolute atomic E-state index is 0.0136. The number of aromatic amines is 1. The first-order chi connectivity index (χ1) is 14.7. The second-order valence-corrected chi connectivity index (χ2v) is 9.70. The lowest BCUT2D eigenvalue weighted by atomic mass is 10.1. The van der Waals surface area contributed by atoms with Gasteiger partial charge in [-0.2, -0.15) is 4.98 Å². The van der Waals surface area contributed by atoms with Crippen LogP contribution in [0.5, 0.6) is 0 Å². The molecule has 12 nitrogen and oxygen atoms in total. The van der Waals surface area contributed by atoms with E-state index in [1.807, 2.05) is 13.8 Å². The molecular weight excluding hydrogens is 429 g/mol. The Morgan fingerprint density at radius 2 is 2.10 bits per heavy atom. The summed E-state index contributed by atoms with van der Waals surface area (Å²) in [5, 5.41) is 0. The lowest BCUT2D eigenvalue weighted by Crippen LogP contribution is -2.31. The molecular formula is C18H28N5O7P. The summed E-state index contributed by atoms with van der Waals surface area (Å²) < 4.78 is 36.2. The van der Waals surface area contributed by atoms with Crippen molar-refractivity contribution in [3.05, 3.63) is 16.7 Å². The second-order valence-electron chi connectivity index (χ2n) is 8.29. The van der Waals surface area contributed by atoms with Crippen LogP contribution < -0.4 is 11.3 Å². The molecule has 1 saturated heterocycles. The van der Waals surface area contributed by atoms with Crippen LogP contribution in [0.3, 0.4) is 0 Å². The number of nitrogens with two attached hydrogens (primary N) is 1. The first kappa shape index (κ1) is 22.4. The number of hydrogen-bond donors (Lipinski definition) is 3. The van der Waals surface area contributed by atoms with Gasteiger partial charge in [0.1, 0.15) is 6.23 Å². The number of anilines is 1. The molecule has 4 N–H and O–H groups in total. The van der Waals surface area contributed by atoms with Gasteiger partial charge in [0.25, 0.3) is 5.56 Å². The maximum atomic E-state index is 12.5. The van der Waals surface area contributed by atoms with E-state index in [0.717, 1.165) is 6.42 Å². The second kappa shape index (κ2) is 8.61. The van der Waals surface area contributed by atoms with Gasteiger partial charge in [0, 0.05) is 7.11 Å². The first-order valence-corrected chi connectivity index (χ1v) is 11.7.